The van der Waals surface area contributed by atoms with Gasteiger partial charge in [0, 0.05) is 11.5 Å². The molecule has 0 spiro atoms. The zero-order chi connectivity index (χ0) is 28.7. The summed E-state index contributed by atoms with van der Waals surface area (Å²) in [5, 5.41) is 8.73. The summed E-state index contributed by atoms with van der Waals surface area (Å²) in [6.07, 6.45) is 33.6. The molecule has 232 valence electrons. The van der Waals surface area contributed by atoms with E-state index in [4.69, 9.17) is 9.84 Å². The SMILES string of the molecule is CCCCCCCCCCCCCCCCCCCC(CCCCCCCC)OC(=O)CCSCCC(=O)O. The van der Waals surface area contributed by atoms with Crippen molar-refractivity contribution in [2.45, 2.75) is 193 Å². The smallest absolute Gasteiger partial charge is 0.306 e. The van der Waals surface area contributed by atoms with E-state index in [-0.39, 0.29) is 18.5 Å². The Hall–Kier alpha value is -0.710. The summed E-state index contributed by atoms with van der Waals surface area (Å²) in [6, 6.07) is 0. The average Bonchev–Trinajstić information content (AvgIpc) is 2.91. The van der Waals surface area contributed by atoms with Crippen LogP contribution in [0.3, 0.4) is 0 Å². The fourth-order valence-electron chi connectivity index (χ4n) is 5.17. The van der Waals surface area contributed by atoms with Crippen LogP contribution in [0.4, 0.5) is 0 Å². The highest BCUT2D eigenvalue weighted by Crippen LogP contribution is 2.19. The maximum absolute atomic E-state index is 12.4. The minimum absolute atomic E-state index is 0.0593. The number of carbonyl (C=O) groups excluding carboxylic acids is 1. The summed E-state index contributed by atoms with van der Waals surface area (Å²) >= 11 is 1.53. The Labute approximate surface area is 247 Å². The van der Waals surface area contributed by atoms with E-state index in [0.717, 1.165) is 25.7 Å². The monoisotopic (exact) mass is 570 g/mol. The first-order chi connectivity index (χ1) is 19.1. The number of thioether (sulfide) groups is 1. The predicted octanol–water partition coefficient (Wildman–Crippen LogP) is 11.3. The van der Waals surface area contributed by atoms with E-state index in [0.29, 0.717) is 17.9 Å². The van der Waals surface area contributed by atoms with E-state index in [9.17, 15) is 9.59 Å². The van der Waals surface area contributed by atoms with E-state index in [1.54, 1.807) is 0 Å². The van der Waals surface area contributed by atoms with Crippen LogP contribution in [-0.2, 0) is 14.3 Å². The van der Waals surface area contributed by atoms with Crippen LogP contribution in [-0.4, -0.2) is 34.7 Å². The Balaban J connectivity index is 3.82. The number of carboxylic acids is 1. The van der Waals surface area contributed by atoms with Gasteiger partial charge in [0.15, 0.2) is 0 Å². The van der Waals surface area contributed by atoms with E-state index >= 15 is 0 Å². The van der Waals surface area contributed by atoms with Crippen molar-refractivity contribution in [3.05, 3.63) is 0 Å². The van der Waals surface area contributed by atoms with Crippen LogP contribution in [0.5, 0.6) is 0 Å². The highest BCUT2D eigenvalue weighted by molar-refractivity contribution is 7.99. The van der Waals surface area contributed by atoms with Crippen LogP contribution in [0.15, 0.2) is 0 Å². The summed E-state index contributed by atoms with van der Waals surface area (Å²) < 4.78 is 5.87. The fourth-order valence-corrected chi connectivity index (χ4v) is 6.01. The highest BCUT2D eigenvalue weighted by atomic mass is 32.2. The topological polar surface area (TPSA) is 63.6 Å². The molecule has 1 N–H and O–H groups in total. The molecule has 39 heavy (non-hydrogen) atoms. The average molecular weight is 571 g/mol. The van der Waals surface area contributed by atoms with Gasteiger partial charge < -0.3 is 9.84 Å². The largest absolute Gasteiger partial charge is 0.481 e. The fraction of sp³-hybridized carbons (Fsp3) is 0.941. The second-order valence-corrected chi connectivity index (χ2v) is 12.8. The van der Waals surface area contributed by atoms with Gasteiger partial charge in [-0.3, -0.25) is 9.59 Å². The molecule has 0 aromatic rings. The lowest BCUT2D eigenvalue weighted by Crippen LogP contribution is -2.19. The number of ether oxygens (including phenoxy) is 1. The maximum Gasteiger partial charge on any atom is 0.306 e. The molecule has 0 aromatic carbocycles. The van der Waals surface area contributed by atoms with Crippen molar-refractivity contribution in [1.29, 1.82) is 0 Å². The van der Waals surface area contributed by atoms with Gasteiger partial charge in [0.05, 0.1) is 12.8 Å². The molecule has 0 aliphatic rings. The predicted molar refractivity (Wildman–Crippen MR) is 171 cm³/mol. The zero-order valence-corrected chi connectivity index (χ0v) is 27.0. The van der Waals surface area contributed by atoms with Gasteiger partial charge in [0.1, 0.15) is 6.10 Å². The first-order valence-electron chi connectivity index (χ1n) is 17.1. The van der Waals surface area contributed by atoms with Crippen LogP contribution in [0.25, 0.3) is 0 Å². The third kappa shape index (κ3) is 31.7. The molecule has 0 amide bonds. The number of rotatable bonds is 32. The van der Waals surface area contributed by atoms with Gasteiger partial charge in [-0.15, -0.1) is 0 Å². The van der Waals surface area contributed by atoms with Gasteiger partial charge in [-0.25, -0.2) is 0 Å². The second-order valence-electron chi connectivity index (χ2n) is 11.6. The number of carboxylic acid groups (broad SMARTS) is 1. The molecule has 0 fully saturated rings. The molecule has 5 heteroatoms. The number of hydrogen-bond donors (Lipinski definition) is 1. The maximum atomic E-state index is 12.4. The first kappa shape index (κ1) is 38.3. The molecule has 0 radical (unpaired) electrons. The van der Waals surface area contributed by atoms with Crippen LogP contribution in [0, 0.1) is 0 Å². The van der Waals surface area contributed by atoms with Crippen molar-refractivity contribution in [3.63, 3.8) is 0 Å². The highest BCUT2D eigenvalue weighted by Gasteiger charge is 2.14. The first-order valence-corrected chi connectivity index (χ1v) is 18.2. The number of carbonyl (C=O) groups is 2. The standard InChI is InChI=1S/C34H66O4S/c1-3-5-7-9-11-12-13-14-15-16-17-18-19-20-21-23-25-27-32(26-24-22-10-8-6-4-2)38-34(37)29-31-39-30-28-33(35)36/h32H,3-31H2,1-2H3,(H,35,36). The van der Waals surface area contributed by atoms with Crippen molar-refractivity contribution >= 4 is 23.7 Å². The summed E-state index contributed by atoms with van der Waals surface area (Å²) in [5.74, 6) is 0.317. The molecule has 1 atom stereocenters. The zero-order valence-electron chi connectivity index (χ0n) is 26.2. The summed E-state index contributed by atoms with van der Waals surface area (Å²) in [4.78, 5) is 23.0. The van der Waals surface area contributed by atoms with E-state index in [2.05, 4.69) is 13.8 Å². The summed E-state index contributed by atoms with van der Waals surface area (Å²) in [6.45, 7) is 4.53. The molecule has 0 bridgehead atoms. The van der Waals surface area contributed by atoms with E-state index < -0.39 is 5.97 Å². The van der Waals surface area contributed by atoms with Gasteiger partial charge in [-0.05, 0) is 25.7 Å². The lowest BCUT2D eigenvalue weighted by molar-refractivity contribution is -0.149. The Kier molecular flexibility index (Phi) is 31.2. The molecule has 0 aliphatic heterocycles. The normalized spacial score (nSPS) is 12.1. The van der Waals surface area contributed by atoms with Crippen molar-refractivity contribution in [2.75, 3.05) is 11.5 Å². The molecule has 0 aliphatic carbocycles. The number of hydrogen-bond acceptors (Lipinski definition) is 4. The van der Waals surface area contributed by atoms with Crippen LogP contribution >= 0.6 is 11.8 Å². The minimum Gasteiger partial charge on any atom is -0.481 e. The van der Waals surface area contributed by atoms with E-state index in [1.807, 2.05) is 0 Å². The van der Waals surface area contributed by atoms with Crippen molar-refractivity contribution in [1.82, 2.24) is 0 Å². The third-order valence-electron chi connectivity index (χ3n) is 7.72. The molecule has 0 rings (SSSR count). The second kappa shape index (κ2) is 31.8. The molecule has 0 saturated carbocycles. The van der Waals surface area contributed by atoms with Gasteiger partial charge in [-0.2, -0.15) is 11.8 Å². The molecule has 0 saturated heterocycles. The van der Waals surface area contributed by atoms with Crippen LogP contribution in [0.1, 0.15) is 187 Å². The Morgan fingerprint density at radius 2 is 0.872 bits per heavy atom. The van der Waals surface area contributed by atoms with Crippen molar-refractivity contribution in [3.8, 4) is 0 Å². The van der Waals surface area contributed by atoms with Gasteiger partial charge in [0.2, 0.25) is 0 Å². The molecule has 0 aromatic heterocycles. The molecule has 0 heterocycles. The van der Waals surface area contributed by atoms with E-state index in [1.165, 1.54) is 147 Å². The number of aliphatic carboxylic acids is 1. The minimum atomic E-state index is -0.779. The van der Waals surface area contributed by atoms with Crippen LogP contribution in [0.2, 0.25) is 0 Å². The Morgan fingerprint density at radius 1 is 0.538 bits per heavy atom. The van der Waals surface area contributed by atoms with Crippen LogP contribution < -0.4 is 0 Å². The van der Waals surface area contributed by atoms with Gasteiger partial charge in [0.25, 0.3) is 0 Å². The summed E-state index contributed by atoms with van der Waals surface area (Å²) in [7, 11) is 0. The quantitative estimate of drug-likeness (QED) is 0.0643. The number of unbranched alkanes of at least 4 members (excludes halogenated alkanes) is 21. The lowest BCUT2D eigenvalue weighted by Gasteiger charge is -2.18. The lowest BCUT2D eigenvalue weighted by atomic mass is 10.0. The van der Waals surface area contributed by atoms with Crippen molar-refractivity contribution < 1.29 is 19.4 Å². The Morgan fingerprint density at radius 3 is 1.23 bits per heavy atom. The molecule has 1 unspecified atom stereocenters. The van der Waals surface area contributed by atoms with Gasteiger partial charge in [-0.1, -0.05) is 149 Å². The third-order valence-corrected chi connectivity index (χ3v) is 8.70. The molecule has 4 nitrogen and oxygen atoms in total. The number of esters is 1. The molecular formula is C34H66O4S. The van der Waals surface area contributed by atoms with Gasteiger partial charge >= 0.3 is 11.9 Å². The molecular weight excluding hydrogens is 504 g/mol. The van der Waals surface area contributed by atoms with Crippen molar-refractivity contribution in [2.24, 2.45) is 0 Å². The Bertz CT molecular complexity index is 525. The summed E-state index contributed by atoms with van der Waals surface area (Å²) in [5.41, 5.74) is 0.